The smallest absolute Gasteiger partial charge is 0.191 e. The maximum atomic E-state index is 9.57. The molecule has 126 valence electrons. The van der Waals surface area contributed by atoms with Crippen LogP contribution >= 0.6 is 24.0 Å². The van der Waals surface area contributed by atoms with Gasteiger partial charge in [-0.2, -0.15) is 0 Å². The third kappa shape index (κ3) is 7.20. The normalized spacial score (nSPS) is 12.3. The highest BCUT2D eigenvalue weighted by molar-refractivity contribution is 14.0. The molecule has 0 bridgehead atoms. The van der Waals surface area contributed by atoms with E-state index in [1.165, 1.54) is 0 Å². The number of methoxy groups -OCH3 is 1. The predicted molar refractivity (Wildman–Crippen MR) is 103 cm³/mol. The molecule has 0 heterocycles. The average Bonchev–Trinajstić information content (AvgIpc) is 2.48. The average molecular weight is 421 g/mol. The van der Waals surface area contributed by atoms with E-state index in [0.29, 0.717) is 18.3 Å². The number of rotatable bonds is 7. The minimum absolute atomic E-state index is 0. The molecule has 0 saturated carbocycles. The van der Waals surface area contributed by atoms with Crippen LogP contribution in [0.1, 0.15) is 32.8 Å². The van der Waals surface area contributed by atoms with Gasteiger partial charge in [0.1, 0.15) is 0 Å². The molecule has 1 rings (SSSR count). The first kappa shape index (κ1) is 20.8. The molecule has 0 aliphatic heterocycles. The second-order valence-electron chi connectivity index (χ2n) is 4.97. The highest BCUT2D eigenvalue weighted by atomic mass is 127. The molecule has 6 heteroatoms. The van der Waals surface area contributed by atoms with Crippen LogP contribution in [-0.4, -0.2) is 37.3 Å². The Bertz CT molecular complexity index is 467. The van der Waals surface area contributed by atoms with E-state index >= 15 is 0 Å². The van der Waals surface area contributed by atoms with Gasteiger partial charge in [0.15, 0.2) is 17.5 Å². The van der Waals surface area contributed by atoms with Crippen LogP contribution in [0.4, 0.5) is 0 Å². The van der Waals surface area contributed by atoms with Crippen molar-refractivity contribution in [3.63, 3.8) is 0 Å². The summed E-state index contributed by atoms with van der Waals surface area (Å²) in [7, 11) is 1.55. The summed E-state index contributed by atoms with van der Waals surface area (Å²) in [5.74, 6) is 1.51. The van der Waals surface area contributed by atoms with E-state index < -0.39 is 0 Å². The van der Waals surface area contributed by atoms with Crippen LogP contribution in [0.5, 0.6) is 11.5 Å². The van der Waals surface area contributed by atoms with Gasteiger partial charge in [0.05, 0.1) is 7.11 Å². The molecule has 0 radical (unpaired) electrons. The summed E-state index contributed by atoms with van der Waals surface area (Å²) in [4.78, 5) is 4.57. The summed E-state index contributed by atoms with van der Waals surface area (Å²) in [5, 5.41) is 16.2. The maximum Gasteiger partial charge on any atom is 0.191 e. The van der Waals surface area contributed by atoms with E-state index in [1.54, 1.807) is 13.2 Å². The van der Waals surface area contributed by atoms with Crippen LogP contribution in [-0.2, 0) is 6.42 Å². The summed E-state index contributed by atoms with van der Waals surface area (Å²) < 4.78 is 5.11. The fraction of sp³-hybridized carbons (Fsp3) is 0.562. The van der Waals surface area contributed by atoms with E-state index in [9.17, 15) is 5.11 Å². The first-order chi connectivity index (χ1) is 10.1. The Hall–Kier alpha value is -1.18. The number of hydrogen-bond donors (Lipinski definition) is 3. The molecular formula is C16H28IN3O2. The Kier molecular flexibility index (Phi) is 10.8. The van der Waals surface area contributed by atoms with E-state index in [1.807, 2.05) is 12.1 Å². The Balaban J connectivity index is 0.00000441. The lowest BCUT2D eigenvalue weighted by Gasteiger charge is -2.16. The van der Waals surface area contributed by atoms with Crippen molar-refractivity contribution < 1.29 is 9.84 Å². The highest BCUT2D eigenvalue weighted by Crippen LogP contribution is 2.26. The molecule has 0 aliphatic carbocycles. The largest absolute Gasteiger partial charge is 0.504 e. The quantitative estimate of drug-likeness (QED) is 0.360. The monoisotopic (exact) mass is 421 g/mol. The lowest BCUT2D eigenvalue weighted by atomic mass is 10.1. The number of phenols is 1. The molecule has 1 aromatic carbocycles. The van der Waals surface area contributed by atoms with E-state index in [4.69, 9.17) is 4.74 Å². The Labute approximate surface area is 150 Å². The van der Waals surface area contributed by atoms with Crippen LogP contribution in [0.15, 0.2) is 23.2 Å². The van der Waals surface area contributed by atoms with E-state index in [2.05, 4.69) is 36.4 Å². The molecular weight excluding hydrogens is 393 g/mol. The van der Waals surface area contributed by atoms with Gasteiger partial charge in [-0.25, -0.2) is 0 Å². The number of hydrogen-bond acceptors (Lipinski definition) is 3. The summed E-state index contributed by atoms with van der Waals surface area (Å²) >= 11 is 0. The van der Waals surface area contributed by atoms with Crippen LogP contribution in [0.25, 0.3) is 0 Å². The molecule has 5 nitrogen and oxygen atoms in total. The standard InChI is InChI=1S/C16H27N3O2.HI/c1-5-12(3)19-16(17-6-2)18-10-9-13-7-8-14(20)15(11-13)21-4;/h7-8,11-12,20H,5-6,9-10H2,1-4H3,(H2,17,18,19);1H. The van der Waals surface area contributed by atoms with Crippen molar-refractivity contribution in [3.8, 4) is 11.5 Å². The minimum Gasteiger partial charge on any atom is -0.504 e. The fourth-order valence-corrected chi connectivity index (χ4v) is 1.83. The summed E-state index contributed by atoms with van der Waals surface area (Å²) in [6, 6.07) is 5.79. The van der Waals surface area contributed by atoms with E-state index in [0.717, 1.165) is 30.9 Å². The molecule has 1 unspecified atom stereocenters. The Morgan fingerprint density at radius 1 is 1.36 bits per heavy atom. The van der Waals surface area contributed by atoms with Gasteiger partial charge in [-0.1, -0.05) is 13.0 Å². The van der Waals surface area contributed by atoms with Gasteiger partial charge in [-0.05, 0) is 44.4 Å². The molecule has 0 aliphatic rings. The SMILES string of the molecule is CCNC(=NCCc1ccc(O)c(OC)c1)NC(C)CC.I. The second kappa shape index (κ2) is 11.4. The van der Waals surface area contributed by atoms with Gasteiger partial charge in [0.2, 0.25) is 0 Å². The zero-order valence-corrected chi connectivity index (χ0v) is 16.2. The number of benzene rings is 1. The third-order valence-electron chi connectivity index (χ3n) is 3.25. The summed E-state index contributed by atoms with van der Waals surface area (Å²) in [5.41, 5.74) is 1.09. The first-order valence-corrected chi connectivity index (χ1v) is 7.51. The van der Waals surface area contributed by atoms with Gasteiger partial charge in [0.25, 0.3) is 0 Å². The molecule has 22 heavy (non-hydrogen) atoms. The number of nitrogens with zero attached hydrogens (tertiary/aromatic N) is 1. The maximum absolute atomic E-state index is 9.57. The molecule has 1 atom stereocenters. The summed E-state index contributed by atoms with van der Waals surface area (Å²) in [6.07, 6.45) is 1.85. The van der Waals surface area contributed by atoms with Gasteiger partial charge >= 0.3 is 0 Å². The van der Waals surface area contributed by atoms with Crippen molar-refractivity contribution in [1.29, 1.82) is 0 Å². The number of ether oxygens (including phenoxy) is 1. The molecule has 0 amide bonds. The molecule has 0 spiro atoms. The molecule has 0 saturated heterocycles. The Morgan fingerprint density at radius 2 is 2.09 bits per heavy atom. The lowest BCUT2D eigenvalue weighted by Crippen LogP contribution is -2.42. The van der Waals surface area contributed by atoms with Crippen LogP contribution < -0.4 is 15.4 Å². The molecule has 0 aromatic heterocycles. The van der Waals surface area contributed by atoms with Crippen LogP contribution in [0.2, 0.25) is 0 Å². The molecule has 1 aromatic rings. The van der Waals surface area contributed by atoms with Crippen molar-refractivity contribution in [1.82, 2.24) is 10.6 Å². The number of aromatic hydroxyl groups is 1. The third-order valence-corrected chi connectivity index (χ3v) is 3.25. The first-order valence-electron chi connectivity index (χ1n) is 7.51. The summed E-state index contributed by atoms with van der Waals surface area (Å²) in [6.45, 7) is 7.86. The van der Waals surface area contributed by atoms with Crippen molar-refractivity contribution in [2.45, 2.75) is 39.7 Å². The number of aliphatic imine (C=N–C) groups is 1. The molecule has 3 N–H and O–H groups in total. The second-order valence-corrected chi connectivity index (χ2v) is 4.97. The topological polar surface area (TPSA) is 65.9 Å². The van der Waals surface area contributed by atoms with Crippen molar-refractivity contribution >= 4 is 29.9 Å². The zero-order valence-electron chi connectivity index (χ0n) is 13.8. The van der Waals surface area contributed by atoms with Gasteiger partial charge in [-0.3, -0.25) is 4.99 Å². The van der Waals surface area contributed by atoms with E-state index in [-0.39, 0.29) is 29.7 Å². The number of guanidine groups is 1. The van der Waals surface area contributed by atoms with Crippen LogP contribution in [0.3, 0.4) is 0 Å². The Morgan fingerprint density at radius 3 is 2.68 bits per heavy atom. The van der Waals surface area contributed by atoms with Crippen LogP contribution in [0, 0.1) is 0 Å². The number of nitrogens with one attached hydrogen (secondary N) is 2. The molecule has 0 fully saturated rings. The van der Waals surface area contributed by atoms with Crippen molar-refractivity contribution in [2.75, 3.05) is 20.2 Å². The zero-order chi connectivity index (χ0) is 15.7. The highest BCUT2D eigenvalue weighted by Gasteiger charge is 2.04. The minimum atomic E-state index is 0. The number of phenolic OH excluding ortho intramolecular Hbond substituents is 1. The number of halogens is 1. The fourth-order valence-electron chi connectivity index (χ4n) is 1.83. The van der Waals surface area contributed by atoms with Crippen molar-refractivity contribution in [3.05, 3.63) is 23.8 Å². The predicted octanol–water partition coefficient (Wildman–Crippen LogP) is 2.91. The van der Waals surface area contributed by atoms with Gasteiger partial charge < -0.3 is 20.5 Å². The van der Waals surface area contributed by atoms with Gasteiger partial charge in [-0.15, -0.1) is 24.0 Å². The van der Waals surface area contributed by atoms with Crippen molar-refractivity contribution in [2.24, 2.45) is 4.99 Å². The van der Waals surface area contributed by atoms with Gasteiger partial charge in [0, 0.05) is 19.1 Å². The lowest BCUT2D eigenvalue weighted by molar-refractivity contribution is 0.373.